The summed E-state index contributed by atoms with van der Waals surface area (Å²) >= 11 is 2.47. The average Bonchev–Trinajstić information content (AvgIpc) is 3.20. The van der Waals surface area contributed by atoms with Gasteiger partial charge in [-0.25, -0.2) is 9.59 Å². The first-order valence-electron chi connectivity index (χ1n) is 6.80. The Bertz CT molecular complexity index is 790. The molecular formula is C16H15NO5S2. The molecule has 0 aromatic carbocycles. The van der Waals surface area contributed by atoms with E-state index in [0.29, 0.717) is 5.56 Å². The van der Waals surface area contributed by atoms with Gasteiger partial charge < -0.3 is 14.8 Å². The zero-order chi connectivity index (χ0) is 17.7. The number of hydrogen-bond acceptors (Lipinski definition) is 7. The fraction of sp³-hybridized carbons (Fsp3) is 0.188. The number of methoxy groups -OCH3 is 2. The van der Waals surface area contributed by atoms with Gasteiger partial charge in [0.2, 0.25) is 5.91 Å². The van der Waals surface area contributed by atoms with Crippen LogP contribution in [0.3, 0.4) is 0 Å². The predicted molar refractivity (Wildman–Crippen MR) is 93.7 cm³/mol. The molecule has 1 N–H and O–H groups in total. The van der Waals surface area contributed by atoms with Gasteiger partial charge in [0.1, 0.15) is 9.88 Å². The molecule has 0 aliphatic heterocycles. The predicted octanol–water partition coefficient (Wildman–Crippen LogP) is 3.34. The number of anilines is 1. The third-order valence-corrected chi connectivity index (χ3v) is 5.11. The fourth-order valence-corrected chi connectivity index (χ4v) is 3.67. The molecule has 24 heavy (non-hydrogen) atoms. The lowest BCUT2D eigenvalue weighted by molar-refractivity contribution is -0.111. The summed E-state index contributed by atoms with van der Waals surface area (Å²) < 4.78 is 9.43. The van der Waals surface area contributed by atoms with Crippen LogP contribution in [0.5, 0.6) is 0 Å². The smallest absolute Gasteiger partial charge is 0.348 e. The molecule has 0 aliphatic rings. The van der Waals surface area contributed by atoms with E-state index in [1.807, 2.05) is 17.5 Å². The summed E-state index contributed by atoms with van der Waals surface area (Å²) in [6.45, 7) is 1.60. The molecule has 0 saturated carbocycles. The summed E-state index contributed by atoms with van der Waals surface area (Å²) in [5.74, 6) is -1.61. The quantitative estimate of drug-likeness (QED) is 0.649. The van der Waals surface area contributed by atoms with E-state index in [0.717, 1.165) is 16.2 Å². The van der Waals surface area contributed by atoms with Crippen molar-refractivity contribution in [3.05, 3.63) is 44.5 Å². The highest BCUT2D eigenvalue weighted by molar-refractivity contribution is 7.18. The van der Waals surface area contributed by atoms with Crippen LogP contribution in [0, 0.1) is 6.92 Å². The Labute approximate surface area is 146 Å². The molecule has 2 aromatic heterocycles. The van der Waals surface area contributed by atoms with Crippen LogP contribution in [0.4, 0.5) is 5.00 Å². The molecule has 0 atom stereocenters. The molecule has 2 aromatic rings. The van der Waals surface area contributed by atoms with Crippen molar-refractivity contribution in [3.63, 3.8) is 0 Å². The molecule has 0 bridgehead atoms. The van der Waals surface area contributed by atoms with Crippen LogP contribution in [-0.4, -0.2) is 32.1 Å². The fourth-order valence-electron chi connectivity index (χ4n) is 1.93. The summed E-state index contributed by atoms with van der Waals surface area (Å²) in [5, 5.41) is 4.77. The lowest BCUT2D eigenvalue weighted by Crippen LogP contribution is -2.11. The van der Waals surface area contributed by atoms with E-state index in [1.54, 1.807) is 13.0 Å². The molecule has 0 unspecified atom stereocenters. The van der Waals surface area contributed by atoms with Crippen molar-refractivity contribution in [2.45, 2.75) is 6.92 Å². The summed E-state index contributed by atoms with van der Waals surface area (Å²) in [6.07, 6.45) is 3.03. The Kier molecular flexibility index (Phi) is 5.88. The van der Waals surface area contributed by atoms with Gasteiger partial charge >= 0.3 is 11.9 Å². The molecule has 0 fully saturated rings. The maximum atomic E-state index is 12.1. The Balaban J connectivity index is 2.29. The first kappa shape index (κ1) is 17.9. The molecule has 8 heteroatoms. The highest BCUT2D eigenvalue weighted by Crippen LogP contribution is 2.34. The minimum absolute atomic E-state index is 0.153. The number of nitrogens with one attached hydrogen (secondary N) is 1. The van der Waals surface area contributed by atoms with Crippen LogP contribution in [0.15, 0.2) is 23.6 Å². The molecule has 0 saturated heterocycles. The van der Waals surface area contributed by atoms with E-state index in [9.17, 15) is 14.4 Å². The standard InChI is InChI=1S/C16H15NO5S2/c1-9-12(15(19)21-2)14(24-13(9)16(20)22-3)17-11(18)7-6-10-5-4-8-23-10/h4-8H,1-3H3,(H,17,18)/b7-6+. The van der Waals surface area contributed by atoms with Gasteiger partial charge in [0, 0.05) is 11.0 Å². The number of ether oxygens (including phenoxy) is 2. The van der Waals surface area contributed by atoms with Crippen molar-refractivity contribution >= 4 is 51.6 Å². The van der Waals surface area contributed by atoms with Crippen LogP contribution in [0.1, 0.15) is 30.5 Å². The molecule has 0 radical (unpaired) electrons. The van der Waals surface area contributed by atoms with E-state index in [-0.39, 0.29) is 15.4 Å². The minimum Gasteiger partial charge on any atom is -0.465 e. The molecule has 0 aliphatic carbocycles. The monoisotopic (exact) mass is 365 g/mol. The summed E-state index contributed by atoms with van der Waals surface area (Å²) in [4.78, 5) is 37.0. The summed E-state index contributed by atoms with van der Waals surface area (Å²) in [6, 6.07) is 3.75. The number of rotatable bonds is 5. The van der Waals surface area contributed by atoms with Crippen molar-refractivity contribution in [1.29, 1.82) is 0 Å². The maximum absolute atomic E-state index is 12.1. The SMILES string of the molecule is COC(=O)c1sc(NC(=O)/C=C/c2cccs2)c(C(=O)OC)c1C. The average molecular weight is 365 g/mol. The molecule has 0 spiro atoms. The molecule has 1 amide bonds. The van der Waals surface area contributed by atoms with Gasteiger partial charge in [-0.2, -0.15) is 0 Å². The summed E-state index contributed by atoms with van der Waals surface area (Å²) in [7, 11) is 2.49. The molecule has 6 nitrogen and oxygen atoms in total. The minimum atomic E-state index is -0.628. The Morgan fingerprint density at radius 3 is 2.46 bits per heavy atom. The van der Waals surface area contributed by atoms with E-state index in [1.165, 1.54) is 31.6 Å². The van der Waals surface area contributed by atoms with Crippen molar-refractivity contribution in [2.24, 2.45) is 0 Å². The van der Waals surface area contributed by atoms with Crippen LogP contribution in [0.2, 0.25) is 0 Å². The zero-order valence-corrected chi connectivity index (χ0v) is 14.9. The highest BCUT2D eigenvalue weighted by atomic mass is 32.1. The summed E-state index contributed by atoms with van der Waals surface area (Å²) in [5.41, 5.74) is 0.567. The van der Waals surface area contributed by atoms with E-state index in [2.05, 4.69) is 5.32 Å². The van der Waals surface area contributed by atoms with Crippen molar-refractivity contribution in [3.8, 4) is 0 Å². The number of hydrogen-bond donors (Lipinski definition) is 1. The molecule has 126 valence electrons. The Hall–Kier alpha value is -2.45. The zero-order valence-electron chi connectivity index (χ0n) is 13.2. The number of carbonyl (C=O) groups is 3. The van der Waals surface area contributed by atoms with Crippen molar-refractivity contribution < 1.29 is 23.9 Å². The van der Waals surface area contributed by atoms with Gasteiger partial charge in [-0.1, -0.05) is 6.07 Å². The van der Waals surface area contributed by atoms with E-state index < -0.39 is 17.8 Å². The van der Waals surface area contributed by atoms with Crippen LogP contribution >= 0.6 is 22.7 Å². The second kappa shape index (κ2) is 7.89. The van der Waals surface area contributed by atoms with E-state index >= 15 is 0 Å². The molecule has 2 rings (SSSR count). The van der Waals surface area contributed by atoms with Crippen molar-refractivity contribution in [2.75, 3.05) is 19.5 Å². The van der Waals surface area contributed by atoms with Crippen LogP contribution < -0.4 is 5.32 Å². The normalized spacial score (nSPS) is 10.6. The highest BCUT2D eigenvalue weighted by Gasteiger charge is 2.26. The van der Waals surface area contributed by atoms with Gasteiger partial charge in [0.05, 0.1) is 19.8 Å². The van der Waals surface area contributed by atoms with E-state index in [4.69, 9.17) is 9.47 Å². The number of esters is 2. The number of amides is 1. The Morgan fingerprint density at radius 1 is 1.17 bits per heavy atom. The largest absolute Gasteiger partial charge is 0.465 e. The van der Waals surface area contributed by atoms with Gasteiger partial charge in [0.25, 0.3) is 0 Å². The van der Waals surface area contributed by atoms with Gasteiger partial charge in [-0.3, -0.25) is 4.79 Å². The maximum Gasteiger partial charge on any atom is 0.348 e. The number of thiophene rings is 2. The molecular weight excluding hydrogens is 350 g/mol. The lowest BCUT2D eigenvalue weighted by atomic mass is 10.1. The van der Waals surface area contributed by atoms with Crippen LogP contribution in [0.25, 0.3) is 6.08 Å². The van der Waals surface area contributed by atoms with Gasteiger partial charge in [0.15, 0.2) is 0 Å². The Morgan fingerprint density at radius 2 is 1.88 bits per heavy atom. The van der Waals surface area contributed by atoms with Gasteiger partial charge in [-0.05, 0) is 30.0 Å². The second-order valence-corrected chi connectivity index (χ2v) is 6.58. The lowest BCUT2D eigenvalue weighted by Gasteiger charge is -2.03. The third-order valence-electron chi connectivity index (χ3n) is 3.09. The second-order valence-electron chi connectivity index (χ2n) is 4.58. The first-order chi connectivity index (χ1) is 11.5. The van der Waals surface area contributed by atoms with Crippen molar-refractivity contribution in [1.82, 2.24) is 0 Å². The topological polar surface area (TPSA) is 81.7 Å². The molecule has 2 heterocycles. The number of carbonyl (C=O) groups excluding carboxylic acids is 3. The third kappa shape index (κ3) is 3.90. The van der Waals surface area contributed by atoms with Crippen LogP contribution in [-0.2, 0) is 14.3 Å². The van der Waals surface area contributed by atoms with Gasteiger partial charge in [-0.15, -0.1) is 22.7 Å². The first-order valence-corrected chi connectivity index (χ1v) is 8.50.